The van der Waals surface area contributed by atoms with Crippen molar-refractivity contribution in [2.75, 3.05) is 0 Å². The number of para-hydroxylation sites is 1. The van der Waals surface area contributed by atoms with E-state index < -0.39 is 0 Å². The Hall–Kier alpha value is -3.27. The summed E-state index contributed by atoms with van der Waals surface area (Å²) in [6, 6.07) is 18.3. The smallest absolute Gasteiger partial charge is 0.196 e. The lowest BCUT2D eigenvalue weighted by atomic mass is 10.0. The van der Waals surface area contributed by atoms with Gasteiger partial charge in [-0.3, -0.25) is 4.79 Å². The average molecular weight is 334 g/mol. The van der Waals surface area contributed by atoms with Gasteiger partial charge >= 0.3 is 0 Å². The molecule has 0 saturated carbocycles. The van der Waals surface area contributed by atoms with Gasteiger partial charge in [-0.05, 0) is 36.2 Å². The standard InChI is InChI=1S/C21H18O4/c1-2-14-7-9-15(10-8-14)21(24)17-5-3-4-6-19(17)25-20-13-16(22)11-12-18(20)23/h3-13,22-23H,2H2,1H3. The number of carbonyl (C=O) groups is 1. The van der Waals surface area contributed by atoms with Gasteiger partial charge in [0.1, 0.15) is 11.5 Å². The maximum absolute atomic E-state index is 12.8. The lowest BCUT2D eigenvalue weighted by Crippen LogP contribution is -2.03. The van der Waals surface area contributed by atoms with E-state index in [9.17, 15) is 15.0 Å². The number of aromatic hydroxyl groups is 2. The van der Waals surface area contributed by atoms with Gasteiger partial charge in [-0.2, -0.15) is 0 Å². The van der Waals surface area contributed by atoms with Crippen LogP contribution in [-0.2, 0) is 6.42 Å². The first-order chi connectivity index (χ1) is 12.1. The van der Waals surface area contributed by atoms with Crippen LogP contribution in [0.3, 0.4) is 0 Å². The van der Waals surface area contributed by atoms with Crippen molar-refractivity contribution in [3.05, 3.63) is 83.4 Å². The fourth-order valence-corrected chi connectivity index (χ4v) is 2.49. The van der Waals surface area contributed by atoms with Crippen LogP contribution in [-0.4, -0.2) is 16.0 Å². The van der Waals surface area contributed by atoms with Crippen molar-refractivity contribution >= 4 is 5.78 Å². The molecule has 0 radical (unpaired) electrons. The summed E-state index contributed by atoms with van der Waals surface area (Å²) in [5.41, 5.74) is 2.11. The first kappa shape index (κ1) is 16.6. The molecule has 0 spiro atoms. The van der Waals surface area contributed by atoms with E-state index in [0.717, 1.165) is 12.0 Å². The summed E-state index contributed by atoms with van der Waals surface area (Å²) in [6.45, 7) is 2.06. The predicted molar refractivity (Wildman–Crippen MR) is 95.5 cm³/mol. The highest BCUT2D eigenvalue weighted by Gasteiger charge is 2.16. The molecule has 3 rings (SSSR count). The first-order valence-corrected chi connectivity index (χ1v) is 8.01. The topological polar surface area (TPSA) is 66.8 Å². The van der Waals surface area contributed by atoms with E-state index in [0.29, 0.717) is 16.9 Å². The number of rotatable bonds is 5. The number of ketones is 1. The molecular formula is C21H18O4. The SMILES string of the molecule is CCc1ccc(C(=O)c2ccccc2Oc2cc(O)ccc2O)cc1. The average Bonchev–Trinajstić information content (AvgIpc) is 2.65. The third kappa shape index (κ3) is 3.63. The van der Waals surface area contributed by atoms with E-state index in [1.807, 2.05) is 12.1 Å². The van der Waals surface area contributed by atoms with Crippen molar-refractivity contribution < 1.29 is 19.7 Å². The Kier molecular flexibility index (Phi) is 4.70. The van der Waals surface area contributed by atoms with Crippen LogP contribution < -0.4 is 4.74 Å². The van der Waals surface area contributed by atoms with Gasteiger partial charge in [0.25, 0.3) is 0 Å². The van der Waals surface area contributed by atoms with Gasteiger partial charge in [-0.25, -0.2) is 0 Å². The summed E-state index contributed by atoms with van der Waals surface area (Å²) in [5.74, 6) is 0.0755. The minimum atomic E-state index is -0.169. The normalized spacial score (nSPS) is 10.4. The summed E-state index contributed by atoms with van der Waals surface area (Å²) in [5, 5.41) is 19.4. The van der Waals surface area contributed by atoms with E-state index in [4.69, 9.17) is 4.74 Å². The Morgan fingerprint density at radius 2 is 1.64 bits per heavy atom. The van der Waals surface area contributed by atoms with Crippen LogP contribution in [0.25, 0.3) is 0 Å². The molecule has 0 aromatic heterocycles. The molecule has 0 unspecified atom stereocenters. The van der Waals surface area contributed by atoms with Gasteiger partial charge in [0.15, 0.2) is 17.3 Å². The minimum absolute atomic E-state index is 0.0354. The summed E-state index contributed by atoms with van der Waals surface area (Å²) in [4.78, 5) is 12.8. The second-order valence-corrected chi connectivity index (χ2v) is 5.63. The molecule has 3 aromatic rings. The quantitative estimate of drug-likeness (QED) is 0.525. The highest BCUT2D eigenvalue weighted by atomic mass is 16.5. The van der Waals surface area contributed by atoms with Gasteiger partial charge in [-0.1, -0.05) is 43.3 Å². The van der Waals surface area contributed by atoms with E-state index in [1.165, 1.54) is 18.2 Å². The van der Waals surface area contributed by atoms with E-state index in [1.54, 1.807) is 36.4 Å². The van der Waals surface area contributed by atoms with E-state index in [-0.39, 0.29) is 23.0 Å². The second-order valence-electron chi connectivity index (χ2n) is 5.63. The molecule has 0 saturated heterocycles. The van der Waals surface area contributed by atoms with E-state index >= 15 is 0 Å². The third-order valence-electron chi connectivity index (χ3n) is 3.92. The number of aryl methyl sites for hydroxylation is 1. The lowest BCUT2D eigenvalue weighted by molar-refractivity contribution is 0.103. The highest BCUT2D eigenvalue weighted by Crippen LogP contribution is 2.35. The van der Waals surface area contributed by atoms with Gasteiger partial charge < -0.3 is 14.9 Å². The summed E-state index contributed by atoms with van der Waals surface area (Å²) in [6.07, 6.45) is 0.908. The lowest BCUT2D eigenvalue weighted by Gasteiger charge is -2.12. The molecule has 0 aliphatic heterocycles. The number of phenols is 2. The summed E-state index contributed by atoms with van der Waals surface area (Å²) < 4.78 is 5.68. The fraction of sp³-hybridized carbons (Fsp3) is 0.0952. The molecule has 25 heavy (non-hydrogen) atoms. The van der Waals surface area contributed by atoms with Gasteiger partial charge in [-0.15, -0.1) is 0 Å². The zero-order valence-electron chi connectivity index (χ0n) is 13.8. The molecule has 4 nitrogen and oxygen atoms in total. The van der Waals surface area contributed by atoms with Crippen molar-refractivity contribution in [1.29, 1.82) is 0 Å². The molecule has 0 aliphatic carbocycles. The molecular weight excluding hydrogens is 316 g/mol. The van der Waals surface area contributed by atoms with Crippen LogP contribution >= 0.6 is 0 Å². The molecule has 0 amide bonds. The Balaban J connectivity index is 1.94. The monoisotopic (exact) mass is 334 g/mol. The zero-order chi connectivity index (χ0) is 17.8. The molecule has 2 N–H and O–H groups in total. The van der Waals surface area contributed by atoms with Crippen molar-refractivity contribution in [2.24, 2.45) is 0 Å². The maximum atomic E-state index is 12.8. The minimum Gasteiger partial charge on any atom is -0.508 e. The van der Waals surface area contributed by atoms with Crippen LogP contribution in [0.1, 0.15) is 28.4 Å². The van der Waals surface area contributed by atoms with Crippen molar-refractivity contribution in [3.63, 3.8) is 0 Å². The van der Waals surface area contributed by atoms with Crippen molar-refractivity contribution in [1.82, 2.24) is 0 Å². The largest absolute Gasteiger partial charge is 0.508 e. The number of hydrogen-bond acceptors (Lipinski definition) is 4. The summed E-state index contributed by atoms with van der Waals surface area (Å²) in [7, 11) is 0. The molecule has 0 fully saturated rings. The Bertz CT molecular complexity index is 898. The summed E-state index contributed by atoms with van der Waals surface area (Å²) >= 11 is 0. The zero-order valence-corrected chi connectivity index (χ0v) is 13.8. The molecule has 0 aliphatic rings. The van der Waals surface area contributed by atoms with Crippen LogP contribution in [0.4, 0.5) is 0 Å². The van der Waals surface area contributed by atoms with Crippen LogP contribution in [0, 0.1) is 0 Å². The molecule has 4 heteroatoms. The molecule has 126 valence electrons. The number of ether oxygens (including phenoxy) is 1. The van der Waals surface area contributed by atoms with Crippen molar-refractivity contribution in [2.45, 2.75) is 13.3 Å². The Labute approximate surface area is 146 Å². The number of benzene rings is 3. The van der Waals surface area contributed by atoms with Gasteiger partial charge in [0.2, 0.25) is 0 Å². The van der Waals surface area contributed by atoms with Gasteiger partial charge in [0.05, 0.1) is 5.56 Å². The highest BCUT2D eigenvalue weighted by molar-refractivity contribution is 6.10. The molecule has 3 aromatic carbocycles. The maximum Gasteiger partial charge on any atom is 0.196 e. The molecule has 0 bridgehead atoms. The fourth-order valence-electron chi connectivity index (χ4n) is 2.49. The second kappa shape index (κ2) is 7.09. The predicted octanol–water partition coefficient (Wildman–Crippen LogP) is 4.68. The number of hydrogen-bond donors (Lipinski definition) is 2. The third-order valence-corrected chi connectivity index (χ3v) is 3.92. The van der Waals surface area contributed by atoms with E-state index in [2.05, 4.69) is 6.92 Å². The Morgan fingerprint density at radius 1 is 0.920 bits per heavy atom. The number of carbonyl (C=O) groups excluding carboxylic acids is 1. The van der Waals surface area contributed by atoms with Crippen LogP contribution in [0.5, 0.6) is 23.0 Å². The molecule has 0 atom stereocenters. The Morgan fingerprint density at radius 3 is 2.36 bits per heavy atom. The van der Waals surface area contributed by atoms with Gasteiger partial charge in [0, 0.05) is 11.6 Å². The van der Waals surface area contributed by atoms with Crippen LogP contribution in [0.2, 0.25) is 0 Å². The first-order valence-electron chi connectivity index (χ1n) is 8.01. The van der Waals surface area contributed by atoms with Crippen molar-refractivity contribution in [3.8, 4) is 23.0 Å². The number of phenolic OH excluding ortho intramolecular Hbond substituents is 2. The van der Waals surface area contributed by atoms with Crippen LogP contribution in [0.15, 0.2) is 66.7 Å². The molecule has 0 heterocycles.